The normalized spacial score (nSPS) is 10.8. The molecule has 0 atom stereocenters. The summed E-state index contributed by atoms with van der Waals surface area (Å²) in [5.74, 6) is 0.941. The Morgan fingerprint density at radius 1 is 1.35 bits per heavy atom. The zero-order valence-corrected chi connectivity index (χ0v) is 11.9. The van der Waals surface area contributed by atoms with E-state index in [-0.39, 0.29) is 5.91 Å². The maximum Gasteiger partial charge on any atom is 0.271 e. The van der Waals surface area contributed by atoms with E-state index in [1.807, 2.05) is 25.1 Å². The van der Waals surface area contributed by atoms with Crippen LogP contribution >= 0.6 is 11.6 Å². The van der Waals surface area contributed by atoms with Gasteiger partial charge in [0.05, 0.1) is 6.21 Å². The molecule has 0 fully saturated rings. The third kappa shape index (κ3) is 3.61. The molecule has 104 valence electrons. The summed E-state index contributed by atoms with van der Waals surface area (Å²) in [7, 11) is 3.75. The minimum Gasteiger partial charge on any atom is -0.440 e. The number of hydrazone groups is 1. The molecule has 0 aliphatic carbocycles. The number of rotatable bonds is 4. The van der Waals surface area contributed by atoms with E-state index in [1.54, 1.807) is 30.3 Å². The van der Waals surface area contributed by atoms with E-state index in [2.05, 4.69) is 10.5 Å². The predicted octanol–water partition coefficient (Wildman–Crippen LogP) is 2.76. The number of anilines is 1. The van der Waals surface area contributed by atoms with Crippen molar-refractivity contribution in [2.45, 2.75) is 0 Å². The van der Waals surface area contributed by atoms with Crippen LogP contribution in [0.4, 0.5) is 5.88 Å². The molecule has 2 rings (SSSR count). The van der Waals surface area contributed by atoms with Gasteiger partial charge in [0.1, 0.15) is 5.76 Å². The second-order valence-electron chi connectivity index (χ2n) is 4.28. The van der Waals surface area contributed by atoms with Crippen molar-refractivity contribution in [3.63, 3.8) is 0 Å². The Hall–Kier alpha value is -2.27. The minimum atomic E-state index is -0.330. The topological polar surface area (TPSA) is 57.8 Å². The molecule has 2 aromatic rings. The Morgan fingerprint density at radius 3 is 2.80 bits per heavy atom. The van der Waals surface area contributed by atoms with Gasteiger partial charge in [0.2, 0.25) is 0 Å². The predicted molar refractivity (Wildman–Crippen MR) is 79.5 cm³/mol. The van der Waals surface area contributed by atoms with Crippen LogP contribution in [0.3, 0.4) is 0 Å². The SMILES string of the molecule is CN(C)c1ccc(/C=N\NC(=O)c2cccc(Cl)c2)o1. The van der Waals surface area contributed by atoms with E-state index in [1.165, 1.54) is 6.21 Å². The molecule has 1 N–H and O–H groups in total. The van der Waals surface area contributed by atoms with Crippen LogP contribution in [-0.2, 0) is 0 Å². The van der Waals surface area contributed by atoms with E-state index >= 15 is 0 Å². The second kappa shape index (κ2) is 6.25. The number of nitrogens with zero attached hydrogens (tertiary/aromatic N) is 2. The summed E-state index contributed by atoms with van der Waals surface area (Å²) >= 11 is 5.81. The summed E-state index contributed by atoms with van der Waals surface area (Å²) in [5.41, 5.74) is 2.86. The summed E-state index contributed by atoms with van der Waals surface area (Å²) in [5, 5.41) is 4.34. The number of amides is 1. The quantitative estimate of drug-likeness (QED) is 0.696. The van der Waals surface area contributed by atoms with Crippen LogP contribution in [0.1, 0.15) is 16.1 Å². The van der Waals surface area contributed by atoms with E-state index in [4.69, 9.17) is 16.0 Å². The first-order chi connectivity index (χ1) is 9.56. The molecule has 0 saturated heterocycles. The Kier molecular flexibility index (Phi) is 4.42. The van der Waals surface area contributed by atoms with Crippen LogP contribution in [0.5, 0.6) is 0 Å². The highest BCUT2D eigenvalue weighted by Gasteiger charge is 2.04. The highest BCUT2D eigenvalue weighted by Crippen LogP contribution is 2.14. The lowest BCUT2D eigenvalue weighted by Crippen LogP contribution is -2.17. The van der Waals surface area contributed by atoms with Crippen LogP contribution in [0.25, 0.3) is 0 Å². The lowest BCUT2D eigenvalue weighted by atomic mass is 10.2. The molecule has 0 spiro atoms. The van der Waals surface area contributed by atoms with Crippen molar-refractivity contribution in [3.05, 3.63) is 52.7 Å². The number of hydrogen-bond donors (Lipinski definition) is 1. The Labute approximate surface area is 121 Å². The standard InChI is InChI=1S/C14H14ClN3O2/c1-18(2)13-7-6-12(20-13)9-16-17-14(19)10-4-3-5-11(15)8-10/h3-9H,1-2H3,(H,17,19)/b16-9-. The van der Waals surface area contributed by atoms with Crippen molar-refractivity contribution < 1.29 is 9.21 Å². The Bertz CT molecular complexity index is 635. The molecule has 1 amide bonds. The zero-order valence-electron chi connectivity index (χ0n) is 11.1. The monoisotopic (exact) mass is 291 g/mol. The van der Waals surface area contributed by atoms with Gasteiger partial charge in [0.25, 0.3) is 5.91 Å². The largest absolute Gasteiger partial charge is 0.440 e. The van der Waals surface area contributed by atoms with Crippen molar-refractivity contribution >= 4 is 29.6 Å². The zero-order chi connectivity index (χ0) is 14.5. The average molecular weight is 292 g/mol. The molecule has 5 nitrogen and oxygen atoms in total. The number of carbonyl (C=O) groups excluding carboxylic acids is 1. The summed E-state index contributed by atoms with van der Waals surface area (Å²) in [4.78, 5) is 13.6. The molecule has 0 bridgehead atoms. The second-order valence-corrected chi connectivity index (χ2v) is 4.72. The fourth-order valence-corrected chi connectivity index (χ4v) is 1.69. The molecule has 1 heterocycles. The fourth-order valence-electron chi connectivity index (χ4n) is 1.50. The first-order valence-electron chi connectivity index (χ1n) is 5.92. The molecule has 6 heteroatoms. The van der Waals surface area contributed by atoms with E-state index in [9.17, 15) is 4.79 Å². The van der Waals surface area contributed by atoms with Gasteiger partial charge < -0.3 is 9.32 Å². The highest BCUT2D eigenvalue weighted by atomic mass is 35.5. The maximum absolute atomic E-state index is 11.8. The van der Waals surface area contributed by atoms with Crippen LogP contribution in [0.2, 0.25) is 5.02 Å². The minimum absolute atomic E-state index is 0.330. The van der Waals surface area contributed by atoms with Crippen molar-refractivity contribution in [1.82, 2.24) is 5.43 Å². The Balaban J connectivity index is 1.97. The number of nitrogens with one attached hydrogen (secondary N) is 1. The molecule has 1 aromatic carbocycles. The van der Waals surface area contributed by atoms with Gasteiger partial charge in [-0.3, -0.25) is 4.79 Å². The summed E-state index contributed by atoms with van der Waals surface area (Å²) in [6, 6.07) is 10.2. The van der Waals surface area contributed by atoms with Gasteiger partial charge in [0.15, 0.2) is 5.88 Å². The smallest absolute Gasteiger partial charge is 0.271 e. The lowest BCUT2D eigenvalue weighted by molar-refractivity contribution is 0.0955. The summed E-state index contributed by atoms with van der Waals surface area (Å²) < 4.78 is 5.46. The van der Waals surface area contributed by atoms with Crippen molar-refractivity contribution in [2.75, 3.05) is 19.0 Å². The maximum atomic E-state index is 11.8. The summed E-state index contributed by atoms with van der Waals surface area (Å²) in [6.45, 7) is 0. The van der Waals surface area contributed by atoms with E-state index < -0.39 is 0 Å². The van der Waals surface area contributed by atoms with Gasteiger partial charge in [-0.25, -0.2) is 5.43 Å². The third-order valence-electron chi connectivity index (χ3n) is 2.50. The fraction of sp³-hybridized carbons (Fsp3) is 0.143. The van der Waals surface area contributed by atoms with Gasteiger partial charge >= 0.3 is 0 Å². The molecular weight excluding hydrogens is 278 g/mol. The lowest BCUT2D eigenvalue weighted by Gasteiger charge is -2.05. The van der Waals surface area contributed by atoms with Gasteiger partial charge in [-0.1, -0.05) is 17.7 Å². The molecule has 0 radical (unpaired) electrons. The number of benzene rings is 1. The van der Waals surface area contributed by atoms with Crippen molar-refractivity contribution in [2.24, 2.45) is 5.10 Å². The van der Waals surface area contributed by atoms with Crippen LogP contribution in [0, 0.1) is 0 Å². The molecule has 0 saturated carbocycles. The third-order valence-corrected chi connectivity index (χ3v) is 2.73. The molecule has 0 aliphatic heterocycles. The van der Waals surface area contributed by atoms with Gasteiger partial charge in [-0.15, -0.1) is 0 Å². The van der Waals surface area contributed by atoms with Crippen molar-refractivity contribution in [3.8, 4) is 0 Å². The number of furan rings is 1. The van der Waals surface area contributed by atoms with E-state index in [0.29, 0.717) is 22.2 Å². The molecule has 0 aliphatic rings. The number of halogens is 1. The molecule has 0 unspecified atom stereocenters. The number of carbonyl (C=O) groups is 1. The number of hydrogen-bond acceptors (Lipinski definition) is 4. The van der Waals surface area contributed by atoms with Crippen LogP contribution < -0.4 is 10.3 Å². The first kappa shape index (κ1) is 14.1. The van der Waals surface area contributed by atoms with Crippen LogP contribution in [-0.4, -0.2) is 26.2 Å². The molecule has 20 heavy (non-hydrogen) atoms. The average Bonchev–Trinajstić information content (AvgIpc) is 2.87. The molecule has 1 aromatic heterocycles. The van der Waals surface area contributed by atoms with Gasteiger partial charge in [0, 0.05) is 30.7 Å². The molecular formula is C14H14ClN3O2. The van der Waals surface area contributed by atoms with E-state index in [0.717, 1.165) is 0 Å². The van der Waals surface area contributed by atoms with Crippen molar-refractivity contribution in [1.29, 1.82) is 0 Å². The first-order valence-corrected chi connectivity index (χ1v) is 6.30. The highest BCUT2D eigenvalue weighted by molar-refractivity contribution is 6.30. The summed E-state index contributed by atoms with van der Waals surface area (Å²) in [6.07, 6.45) is 1.44. The van der Waals surface area contributed by atoms with Gasteiger partial charge in [-0.05, 0) is 24.3 Å². The van der Waals surface area contributed by atoms with Gasteiger partial charge in [-0.2, -0.15) is 5.10 Å². The Morgan fingerprint density at radius 2 is 2.15 bits per heavy atom. The van der Waals surface area contributed by atoms with Crippen LogP contribution in [0.15, 0.2) is 45.9 Å².